The Kier molecular flexibility index (Phi) is 3.41. The summed E-state index contributed by atoms with van der Waals surface area (Å²) in [5, 5.41) is 0. The standard InChI is InChI=1S/C15H21NO2/c1-12(10-16-6-2-3-7-16)8-13-4-5-14-15(9-13)18-11-17-14/h4-5,9,12H,2-3,6-8,10-11H2,1H3/t12-/m1/s1. The number of ether oxygens (including phenoxy) is 2. The van der Waals surface area contributed by atoms with Crippen LogP contribution >= 0.6 is 0 Å². The first kappa shape index (κ1) is 11.8. The first-order chi connectivity index (χ1) is 8.81. The smallest absolute Gasteiger partial charge is 0.231 e. The summed E-state index contributed by atoms with van der Waals surface area (Å²) in [5.41, 5.74) is 1.35. The number of fused-ring (bicyclic) bond motifs is 1. The third-order valence-electron chi connectivity index (χ3n) is 3.79. The first-order valence-electron chi connectivity index (χ1n) is 6.92. The third-order valence-corrected chi connectivity index (χ3v) is 3.79. The molecule has 2 aliphatic rings. The molecule has 1 aromatic carbocycles. The second-order valence-electron chi connectivity index (χ2n) is 5.50. The Morgan fingerprint density at radius 1 is 1.17 bits per heavy atom. The maximum atomic E-state index is 5.42. The lowest BCUT2D eigenvalue weighted by Gasteiger charge is -2.20. The van der Waals surface area contributed by atoms with Crippen molar-refractivity contribution in [3.05, 3.63) is 23.8 Å². The van der Waals surface area contributed by atoms with Gasteiger partial charge in [0.05, 0.1) is 0 Å². The lowest BCUT2D eigenvalue weighted by Crippen LogP contribution is -2.26. The van der Waals surface area contributed by atoms with Gasteiger partial charge in [-0.2, -0.15) is 0 Å². The highest BCUT2D eigenvalue weighted by Crippen LogP contribution is 2.33. The van der Waals surface area contributed by atoms with Crippen LogP contribution in [-0.2, 0) is 6.42 Å². The van der Waals surface area contributed by atoms with Gasteiger partial charge in [-0.3, -0.25) is 0 Å². The Hall–Kier alpha value is -1.22. The van der Waals surface area contributed by atoms with E-state index in [1.165, 1.54) is 38.0 Å². The van der Waals surface area contributed by atoms with Crippen molar-refractivity contribution in [1.82, 2.24) is 4.90 Å². The van der Waals surface area contributed by atoms with Crippen LogP contribution in [0.4, 0.5) is 0 Å². The zero-order valence-corrected chi connectivity index (χ0v) is 11.0. The van der Waals surface area contributed by atoms with Crippen LogP contribution in [0.2, 0.25) is 0 Å². The second kappa shape index (κ2) is 5.19. The van der Waals surface area contributed by atoms with Crippen LogP contribution in [0.1, 0.15) is 25.3 Å². The molecule has 1 aromatic rings. The molecule has 0 amide bonds. The summed E-state index contributed by atoms with van der Waals surface area (Å²) in [7, 11) is 0. The van der Waals surface area contributed by atoms with Gasteiger partial charge < -0.3 is 14.4 Å². The SMILES string of the molecule is C[C@H](Cc1ccc2c(c1)OCO2)CN1CCCC1. The highest BCUT2D eigenvalue weighted by atomic mass is 16.7. The highest BCUT2D eigenvalue weighted by molar-refractivity contribution is 5.44. The topological polar surface area (TPSA) is 21.7 Å². The number of benzene rings is 1. The van der Waals surface area contributed by atoms with Gasteiger partial charge in [-0.1, -0.05) is 13.0 Å². The number of hydrogen-bond acceptors (Lipinski definition) is 3. The molecule has 2 aliphatic heterocycles. The fraction of sp³-hybridized carbons (Fsp3) is 0.600. The van der Waals surface area contributed by atoms with Gasteiger partial charge >= 0.3 is 0 Å². The van der Waals surface area contributed by atoms with Crippen LogP contribution in [0.15, 0.2) is 18.2 Å². The summed E-state index contributed by atoms with van der Waals surface area (Å²) in [6.45, 7) is 6.48. The molecule has 0 aliphatic carbocycles. The maximum Gasteiger partial charge on any atom is 0.231 e. The monoisotopic (exact) mass is 247 g/mol. The predicted octanol–water partition coefficient (Wildman–Crippen LogP) is 2.69. The van der Waals surface area contributed by atoms with E-state index in [1.807, 2.05) is 6.07 Å². The Bertz CT molecular complexity index is 413. The van der Waals surface area contributed by atoms with Crippen LogP contribution in [-0.4, -0.2) is 31.3 Å². The number of likely N-dealkylation sites (tertiary alicyclic amines) is 1. The van der Waals surface area contributed by atoms with Gasteiger partial charge in [-0.25, -0.2) is 0 Å². The van der Waals surface area contributed by atoms with Crippen molar-refractivity contribution < 1.29 is 9.47 Å². The summed E-state index contributed by atoms with van der Waals surface area (Å²) in [5.74, 6) is 2.48. The maximum absolute atomic E-state index is 5.42. The largest absolute Gasteiger partial charge is 0.454 e. The Labute approximate surface area is 109 Å². The van der Waals surface area contributed by atoms with Gasteiger partial charge in [0, 0.05) is 6.54 Å². The Morgan fingerprint density at radius 2 is 1.94 bits per heavy atom. The molecule has 98 valence electrons. The van der Waals surface area contributed by atoms with E-state index >= 15 is 0 Å². The van der Waals surface area contributed by atoms with Crippen molar-refractivity contribution in [2.75, 3.05) is 26.4 Å². The summed E-state index contributed by atoms with van der Waals surface area (Å²) in [6.07, 6.45) is 3.86. The van der Waals surface area contributed by atoms with E-state index in [9.17, 15) is 0 Å². The van der Waals surface area contributed by atoms with Crippen molar-refractivity contribution in [1.29, 1.82) is 0 Å². The molecule has 1 saturated heterocycles. The molecule has 0 N–H and O–H groups in total. The molecule has 0 radical (unpaired) electrons. The number of nitrogens with zero attached hydrogens (tertiary/aromatic N) is 1. The van der Waals surface area contributed by atoms with Crippen molar-refractivity contribution in [3.8, 4) is 11.5 Å². The Morgan fingerprint density at radius 3 is 2.78 bits per heavy atom. The molecule has 2 heterocycles. The van der Waals surface area contributed by atoms with Gasteiger partial charge in [0.25, 0.3) is 0 Å². The highest BCUT2D eigenvalue weighted by Gasteiger charge is 2.17. The fourth-order valence-corrected chi connectivity index (χ4v) is 2.94. The molecule has 18 heavy (non-hydrogen) atoms. The van der Waals surface area contributed by atoms with Gasteiger partial charge in [-0.05, 0) is 56.0 Å². The van der Waals surface area contributed by atoms with Gasteiger partial charge in [0.1, 0.15) is 0 Å². The summed E-state index contributed by atoms with van der Waals surface area (Å²) >= 11 is 0. The summed E-state index contributed by atoms with van der Waals surface area (Å²) < 4.78 is 10.8. The second-order valence-corrected chi connectivity index (χ2v) is 5.50. The average Bonchev–Trinajstić information content (AvgIpc) is 2.98. The molecule has 0 saturated carbocycles. The van der Waals surface area contributed by atoms with Gasteiger partial charge in [0.2, 0.25) is 6.79 Å². The van der Waals surface area contributed by atoms with Crippen molar-refractivity contribution in [2.24, 2.45) is 5.92 Å². The zero-order chi connectivity index (χ0) is 12.4. The molecule has 0 aromatic heterocycles. The van der Waals surface area contributed by atoms with Crippen LogP contribution < -0.4 is 9.47 Å². The van der Waals surface area contributed by atoms with E-state index in [-0.39, 0.29) is 0 Å². The summed E-state index contributed by atoms with van der Waals surface area (Å²) in [6, 6.07) is 6.32. The first-order valence-corrected chi connectivity index (χ1v) is 6.92. The van der Waals surface area contributed by atoms with E-state index in [4.69, 9.17) is 9.47 Å². The molecule has 1 atom stereocenters. The van der Waals surface area contributed by atoms with Crippen LogP contribution in [0, 0.1) is 5.92 Å². The zero-order valence-electron chi connectivity index (χ0n) is 11.0. The molecule has 3 heteroatoms. The lowest BCUT2D eigenvalue weighted by molar-refractivity contribution is 0.174. The minimum atomic E-state index is 0.363. The van der Waals surface area contributed by atoms with Crippen molar-refractivity contribution in [3.63, 3.8) is 0 Å². The summed E-state index contributed by atoms with van der Waals surface area (Å²) in [4.78, 5) is 2.58. The number of rotatable bonds is 4. The fourth-order valence-electron chi connectivity index (χ4n) is 2.94. The molecule has 1 fully saturated rings. The van der Waals surface area contributed by atoms with Gasteiger partial charge in [-0.15, -0.1) is 0 Å². The van der Waals surface area contributed by atoms with E-state index in [1.54, 1.807) is 0 Å². The van der Waals surface area contributed by atoms with E-state index in [2.05, 4.69) is 24.0 Å². The third kappa shape index (κ3) is 2.61. The Balaban J connectivity index is 1.58. The molecular formula is C15H21NO2. The van der Waals surface area contributed by atoms with Crippen molar-refractivity contribution >= 4 is 0 Å². The molecule has 0 spiro atoms. The van der Waals surface area contributed by atoms with Crippen LogP contribution in [0.25, 0.3) is 0 Å². The van der Waals surface area contributed by atoms with Gasteiger partial charge in [0.15, 0.2) is 11.5 Å². The van der Waals surface area contributed by atoms with Crippen LogP contribution in [0.3, 0.4) is 0 Å². The van der Waals surface area contributed by atoms with Crippen LogP contribution in [0.5, 0.6) is 11.5 Å². The minimum Gasteiger partial charge on any atom is -0.454 e. The molecule has 0 unspecified atom stereocenters. The molecule has 3 rings (SSSR count). The molecular weight excluding hydrogens is 226 g/mol. The molecule has 3 nitrogen and oxygen atoms in total. The lowest BCUT2D eigenvalue weighted by atomic mass is 10.0. The number of hydrogen-bond donors (Lipinski definition) is 0. The molecule has 0 bridgehead atoms. The van der Waals surface area contributed by atoms with E-state index in [0.717, 1.165) is 17.9 Å². The predicted molar refractivity (Wildman–Crippen MR) is 71.1 cm³/mol. The van der Waals surface area contributed by atoms with E-state index in [0.29, 0.717) is 12.7 Å². The quantitative estimate of drug-likeness (QED) is 0.816. The van der Waals surface area contributed by atoms with Crippen molar-refractivity contribution in [2.45, 2.75) is 26.2 Å². The average molecular weight is 247 g/mol. The minimum absolute atomic E-state index is 0.363. The van der Waals surface area contributed by atoms with E-state index < -0.39 is 0 Å². The normalized spacial score (nSPS) is 20.3.